The zero-order valence-corrected chi connectivity index (χ0v) is 21.2. The summed E-state index contributed by atoms with van der Waals surface area (Å²) in [6.07, 6.45) is 7.49. The van der Waals surface area contributed by atoms with Crippen molar-refractivity contribution in [3.8, 4) is 6.07 Å². The van der Waals surface area contributed by atoms with Crippen molar-refractivity contribution in [1.82, 2.24) is 24.3 Å². The number of imidazole rings is 1. The van der Waals surface area contributed by atoms with Crippen LogP contribution in [-0.4, -0.2) is 64.1 Å². The molecule has 1 saturated heterocycles. The molecule has 0 aromatic carbocycles. The zero-order valence-electron chi connectivity index (χ0n) is 20.4. The van der Waals surface area contributed by atoms with E-state index in [0.29, 0.717) is 19.4 Å². The molecule has 7 nitrogen and oxygen atoms in total. The number of halogens is 1. The number of hydrogen-bond donors (Lipinski definition) is 0. The molecule has 1 aliphatic carbocycles. The van der Waals surface area contributed by atoms with Gasteiger partial charge in [0.05, 0.1) is 24.0 Å². The Morgan fingerprint density at radius 3 is 2.65 bits per heavy atom. The SMILES string of the molecule is CCc1nc(C)n(/C=C(\C)N2CCN(CC#N)CC2)c1N(C)c1nc(C2=CC=C(F)CC2)cs1. The Morgan fingerprint density at radius 2 is 2.00 bits per heavy atom. The second-order valence-corrected chi connectivity index (χ2v) is 9.56. The summed E-state index contributed by atoms with van der Waals surface area (Å²) < 4.78 is 15.6. The summed E-state index contributed by atoms with van der Waals surface area (Å²) in [5.41, 5.74) is 4.19. The van der Waals surface area contributed by atoms with E-state index >= 15 is 0 Å². The number of allylic oxidation sites excluding steroid dienone is 5. The summed E-state index contributed by atoms with van der Waals surface area (Å²) in [6.45, 7) is 10.4. The third-order valence-corrected chi connectivity index (χ3v) is 7.39. The van der Waals surface area contributed by atoms with Gasteiger partial charge in [-0.05, 0) is 38.3 Å². The molecule has 0 N–H and O–H groups in total. The van der Waals surface area contributed by atoms with Crippen LogP contribution in [0.2, 0.25) is 0 Å². The molecule has 0 saturated carbocycles. The van der Waals surface area contributed by atoms with Crippen LogP contribution in [0.4, 0.5) is 15.3 Å². The van der Waals surface area contributed by atoms with Gasteiger partial charge >= 0.3 is 0 Å². The van der Waals surface area contributed by atoms with Crippen LogP contribution >= 0.6 is 11.3 Å². The molecule has 1 aliphatic heterocycles. The lowest BCUT2D eigenvalue weighted by atomic mass is 10.0. The monoisotopic (exact) mass is 481 g/mol. The first kappa shape index (κ1) is 24.2. The maximum atomic E-state index is 13.4. The fraction of sp³-hybridized carbons (Fsp3) is 0.480. The van der Waals surface area contributed by atoms with Crippen LogP contribution in [-0.2, 0) is 6.42 Å². The molecule has 2 aliphatic rings. The van der Waals surface area contributed by atoms with E-state index in [1.165, 1.54) is 5.70 Å². The van der Waals surface area contributed by atoms with E-state index in [0.717, 1.165) is 66.3 Å². The number of nitrogens with zero attached hydrogens (tertiary/aromatic N) is 7. The van der Waals surface area contributed by atoms with Gasteiger partial charge in [0, 0.05) is 56.9 Å². The van der Waals surface area contributed by atoms with Crippen LogP contribution in [0.5, 0.6) is 0 Å². The Bertz CT molecular complexity index is 1160. The van der Waals surface area contributed by atoms with E-state index in [1.807, 2.05) is 20.0 Å². The van der Waals surface area contributed by atoms with Gasteiger partial charge in [-0.3, -0.25) is 9.47 Å². The van der Waals surface area contributed by atoms with Crippen LogP contribution < -0.4 is 4.90 Å². The largest absolute Gasteiger partial charge is 0.371 e. The predicted octanol–water partition coefficient (Wildman–Crippen LogP) is 4.97. The molecule has 1 fully saturated rings. The van der Waals surface area contributed by atoms with Gasteiger partial charge in [-0.2, -0.15) is 5.26 Å². The lowest BCUT2D eigenvalue weighted by Gasteiger charge is -2.35. The lowest BCUT2D eigenvalue weighted by Crippen LogP contribution is -2.45. The van der Waals surface area contributed by atoms with Crippen molar-refractivity contribution in [3.05, 3.63) is 46.3 Å². The Kier molecular flexibility index (Phi) is 7.49. The molecule has 34 heavy (non-hydrogen) atoms. The van der Waals surface area contributed by atoms with E-state index in [9.17, 15) is 4.39 Å². The Balaban J connectivity index is 1.60. The first-order valence-electron chi connectivity index (χ1n) is 11.8. The van der Waals surface area contributed by atoms with Crippen molar-refractivity contribution in [3.63, 3.8) is 0 Å². The highest BCUT2D eigenvalue weighted by Crippen LogP contribution is 2.35. The first-order valence-corrected chi connectivity index (χ1v) is 12.6. The van der Waals surface area contributed by atoms with Gasteiger partial charge in [0.15, 0.2) is 5.13 Å². The van der Waals surface area contributed by atoms with E-state index < -0.39 is 0 Å². The standard InChI is InChI=1S/C25H32FN7S/c1-5-22-24(30(4)25-29-23(17-34-25)20-6-8-21(26)9-7-20)33(19(3)28-22)16-18(2)32-14-12-31(11-10-27)13-15-32/h6,8,16-17H,5,7,9,11-15H2,1-4H3/b18-16+. The van der Waals surface area contributed by atoms with Crippen molar-refractivity contribution in [2.24, 2.45) is 0 Å². The molecular formula is C25H32FN7S. The Morgan fingerprint density at radius 1 is 1.24 bits per heavy atom. The van der Waals surface area contributed by atoms with Gasteiger partial charge in [0.2, 0.25) is 0 Å². The van der Waals surface area contributed by atoms with Crippen LogP contribution in [0, 0.1) is 18.3 Å². The van der Waals surface area contributed by atoms with Crippen molar-refractivity contribution in [2.75, 3.05) is 44.7 Å². The maximum Gasteiger partial charge on any atom is 0.191 e. The van der Waals surface area contributed by atoms with Gasteiger partial charge in [-0.25, -0.2) is 14.4 Å². The number of rotatable bonds is 7. The fourth-order valence-corrected chi connectivity index (χ4v) is 5.26. The third-order valence-electron chi connectivity index (χ3n) is 6.47. The predicted molar refractivity (Wildman–Crippen MR) is 136 cm³/mol. The molecule has 9 heteroatoms. The second-order valence-electron chi connectivity index (χ2n) is 8.72. The Hall–Kier alpha value is -2.96. The Labute approximate surface area is 205 Å². The summed E-state index contributed by atoms with van der Waals surface area (Å²) in [5.74, 6) is 1.89. The smallest absolute Gasteiger partial charge is 0.191 e. The number of nitriles is 1. The summed E-state index contributed by atoms with van der Waals surface area (Å²) >= 11 is 1.59. The molecule has 2 aromatic rings. The molecule has 0 radical (unpaired) electrons. The lowest BCUT2D eigenvalue weighted by molar-refractivity contribution is 0.174. The van der Waals surface area contributed by atoms with Gasteiger partial charge in [0.1, 0.15) is 17.5 Å². The zero-order chi connectivity index (χ0) is 24.2. The molecule has 0 spiro atoms. The van der Waals surface area contributed by atoms with E-state index in [4.69, 9.17) is 15.2 Å². The van der Waals surface area contributed by atoms with Gasteiger partial charge in [-0.15, -0.1) is 11.3 Å². The third kappa shape index (κ3) is 5.08. The van der Waals surface area contributed by atoms with Crippen molar-refractivity contribution in [1.29, 1.82) is 5.26 Å². The molecule has 0 bridgehead atoms. The van der Waals surface area contributed by atoms with Gasteiger partial charge in [0.25, 0.3) is 0 Å². The van der Waals surface area contributed by atoms with Crippen LogP contribution in [0.3, 0.4) is 0 Å². The van der Waals surface area contributed by atoms with Crippen LogP contribution in [0.1, 0.15) is 43.9 Å². The van der Waals surface area contributed by atoms with Crippen molar-refractivity contribution >= 4 is 34.1 Å². The summed E-state index contributed by atoms with van der Waals surface area (Å²) in [7, 11) is 2.04. The average molecular weight is 482 g/mol. The van der Waals surface area contributed by atoms with Crippen molar-refractivity contribution in [2.45, 2.75) is 40.0 Å². The van der Waals surface area contributed by atoms with Crippen molar-refractivity contribution < 1.29 is 4.39 Å². The normalized spacial score (nSPS) is 17.4. The minimum Gasteiger partial charge on any atom is -0.371 e. The number of anilines is 2. The highest BCUT2D eigenvalue weighted by Gasteiger charge is 2.22. The van der Waals surface area contributed by atoms with E-state index in [-0.39, 0.29) is 5.83 Å². The fourth-order valence-electron chi connectivity index (χ4n) is 4.45. The van der Waals surface area contributed by atoms with E-state index in [1.54, 1.807) is 17.4 Å². The number of thiazole rings is 1. The molecule has 180 valence electrons. The van der Waals surface area contributed by atoms with Crippen LogP contribution in [0.25, 0.3) is 11.8 Å². The summed E-state index contributed by atoms with van der Waals surface area (Å²) in [5, 5.41) is 11.9. The summed E-state index contributed by atoms with van der Waals surface area (Å²) in [4.78, 5) is 16.4. The van der Waals surface area contributed by atoms with Crippen LogP contribution in [0.15, 0.2) is 29.1 Å². The molecule has 0 amide bonds. The van der Waals surface area contributed by atoms with Gasteiger partial charge < -0.3 is 9.80 Å². The second kappa shape index (κ2) is 10.5. The molecule has 4 rings (SSSR count). The van der Waals surface area contributed by atoms with E-state index in [2.05, 4.69) is 50.8 Å². The summed E-state index contributed by atoms with van der Waals surface area (Å²) in [6, 6.07) is 2.24. The average Bonchev–Trinajstić information content (AvgIpc) is 3.45. The number of aromatic nitrogens is 3. The molecule has 2 aromatic heterocycles. The number of hydrogen-bond acceptors (Lipinski definition) is 7. The number of aryl methyl sites for hydroxylation is 2. The molecule has 0 atom stereocenters. The molecule has 3 heterocycles. The van der Waals surface area contributed by atoms with Gasteiger partial charge in [-0.1, -0.05) is 13.0 Å². The molecule has 0 unspecified atom stereocenters. The minimum atomic E-state index is -0.0723. The maximum absolute atomic E-state index is 13.4. The number of piperazine rings is 1. The topological polar surface area (TPSA) is 64.2 Å². The quantitative estimate of drug-likeness (QED) is 0.521. The highest BCUT2D eigenvalue weighted by atomic mass is 32.1. The minimum absolute atomic E-state index is 0.0723. The highest BCUT2D eigenvalue weighted by molar-refractivity contribution is 7.13. The first-order chi connectivity index (χ1) is 16.4. The molecular weight excluding hydrogens is 449 g/mol.